The molecule has 3 rings (SSSR count). The van der Waals surface area contributed by atoms with E-state index in [1.807, 2.05) is 30.3 Å². The number of benzene rings is 1. The number of halogens is 1. The second kappa shape index (κ2) is 5.03. The lowest BCUT2D eigenvalue weighted by Crippen LogP contribution is -2.10. The third-order valence-electron chi connectivity index (χ3n) is 3.59. The minimum atomic E-state index is 0.00974. The summed E-state index contributed by atoms with van der Waals surface area (Å²) in [5.41, 5.74) is 4.19. The third kappa shape index (κ3) is 2.34. The van der Waals surface area contributed by atoms with E-state index in [0.717, 1.165) is 46.8 Å². The van der Waals surface area contributed by atoms with Crippen LogP contribution in [0.5, 0.6) is 0 Å². The van der Waals surface area contributed by atoms with Crippen molar-refractivity contribution in [3.63, 3.8) is 0 Å². The first-order valence-corrected chi connectivity index (χ1v) is 6.81. The number of fused-ring (bicyclic) bond motifs is 1. The van der Waals surface area contributed by atoms with Crippen molar-refractivity contribution in [3.05, 3.63) is 52.7 Å². The van der Waals surface area contributed by atoms with Crippen molar-refractivity contribution in [2.75, 3.05) is 0 Å². The molecule has 1 atom stereocenters. The Kier molecular flexibility index (Phi) is 3.23. The van der Waals surface area contributed by atoms with Gasteiger partial charge in [-0.3, -0.25) is 4.98 Å². The predicted molar refractivity (Wildman–Crippen MR) is 76.0 cm³/mol. The molecule has 0 saturated heterocycles. The SMILES string of the molecule is N#CC1CCCc2nc(-c3ccc(Cl)cc3)ccc21. The van der Waals surface area contributed by atoms with Crippen molar-refractivity contribution in [3.8, 4) is 17.3 Å². The van der Waals surface area contributed by atoms with Gasteiger partial charge in [0, 0.05) is 16.3 Å². The number of nitriles is 1. The maximum Gasteiger partial charge on any atom is 0.0730 e. The van der Waals surface area contributed by atoms with Gasteiger partial charge in [-0.2, -0.15) is 5.26 Å². The van der Waals surface area contributed by atoms with E-state index in [0.29, 0.717) is 0 Å². The number of rotatable bonds is 1. The summed E-state index contributed by atoms with van der Waals surface area (Å²) in [7, 11) is 0. The fraction of sp³-hybridized carbons (Fsp3) is 0.250. The number of pyridine rings is 1. The molecule has 2 nitrogen and oxygen atoms in total. The fourth-order valence-corrected chi connectivity index (χ4v) is 2.70. The van der Waals surface area contributed by atoms with Crippen LogP contribution in [-0.2, 0) is 6.42 Å². The van der Waals surface area contributed by atoms with Crippen LogP contribution in [0, 0.1) is 11.3 Å². The van der Waals surface area contributed by atoms with Crippen molar-refractivity contribution in [2.24, 2.45) is 0 Å². The van der Waals surface area contributed by atoms with E-state index in [1.54, 1.807) is 0 Å². The molecule has 0 spiro atoms. The molecular weight excluding hydrogens is 256 g/mol. The summed E-state index contributed by atoms with van der Waals surface area (Å²) < 4.78 is 0. The van der Waals surface area contributed by atoms with Crippen molar-refractivity contribution in [1.82, 2.24) is 4.98 Å². The zero-order valence-electron chi connectivity index (χ0n) is 10.4. The van der Waals surface area contributed by atoms with Crippen LogP contribution in [0.3, 0.4) is 0 Å². The second-order valence-electron chi connectivity index (χ2n) is 4.81. The molecule has 3 heteroatoms. The van der Waals surface area contributed by atoms with Gasteiger partial charge in [0.1, 0.15) is 0 Å². The Morgan fingerprint density at radius 3 is 2.68 bits per heavy atom. The molecule has 1 aromatic carbocycles. The third-order valence-corrected chi connectivity index (χ3v) is 3.84. The van der Waals surface area contributed by atoms with Crippen LogP contribution in [0.2, 0.25) is 5.02 Å². The van der Waals surface area contributed by atoms with Gasteiger partial charge in [-0.15, -0.1) is 0 Å². The summed E-state index contributed by atoms with van der Waals surface area (Å²) in [6, 6.07) is 14.1. The summed E-state index contributed by atoms with van der Waals surface area (Å²) in [5.74, 6) is 0.00974. The Bertz CT molecular complexity index is 641. The summed E-state index contributed by atoms with van der Waals surface area (Å²) >= 11 is 5.90. The van der Waals surface area contributed by atoms with Crippen molar-refractivity contribution >= 4 is 11.6 Å². The van der Waals surface area contributed by atoms with Gasteiger partial charge in [-0.25, -0.2) is 0 Å². The van der Waals surface area contributed by atoms with E-state index >= 15 is 0 Å². The maximum absolute atomic E-state index is 9.16. The Morgan fingerprint density at radius 2 is 1.95 bits per heavy atom. The van der Waals surface area contributed by atoms with Gasteiger partial charge in [0.15, 0.2) is 0 Å². The van der Waals surface area contributed by atoms with E-state index in [-0.39, 0.29) is 5.92 Å². The number of aromatic nitrogens is 1. The number of aryl methyl sites for hydroxylation is 1. The van der Waals surface area contributed by atoms with Crippen LogP contribution in [0.25, 0.3) is 11.3 Å². The molecule has 0 bridgehead atoms. The molecule has 1 heterocycles. The highest BCUT2D eigenvalue weighted by molar-refractivity contribution is 6.30. The first-order valence-electron chi connectivity index (χ1n) is 6.43. The molecule has 19 heavy (non-hydrogen) atoms. The van der Waals surface area contributed by atoms with Gasteiger partial charge in [0.2, 0.25) is 0 Å². The predicted octanol–water partition coefficient (Wildman–Crippen LogP) is 4.35. The van der Waals surface area contributed by atoms with Crippen molar-refractivity contribution < 1.29 is 0 Å². The molecule has 1 aromatic heterocycles. The molecular formula is C16H13ClN2. The monoisotopic (exact) mass is 268 g/mol. The van der Waals surface area contributed by atoms with Crippen LogP contribution in [0.1, 0.15) is 30.0 Å². The zero-order valence-corrected chi connectivity index (χ0v) is 11.2. The van der Waals surface area contributed by atoms with Crippen LogP contribution in [-0.4, -0.2) is 4.98 Å². The van der Waals surface area contributed by atoms with E-state index in [9.17, 15) is 0 Å². The quantitative estimate of drug-likeness (QED) is 0.771. The first-order chi connectivity index (χ1) is 9.28. The van der Waals surface area contributed by atoms with Crippen LogP contribution < -0.4 is 0 Å². The number of hydrogen-bond acceptors (Lipinski definition) is 2. The van der Waals surface area contributed by atoms with Gasteiger partial charge in [0.25, 0.3) is 0 Å². The molecule has 0 saturated carbocycles. The summed E-state index contributed by atoms with van der Waals surface area (Å²) in [5, 5.41) is 9.89. The van der Waals surface area contributed by atoms with E-state index in [1.165, 1.54) is 0 Å². The average Bonchev–Trinajstić information content (AvgIpc) is 2.47. The molecule has 1 aliphatic rings. The number of hydrogen-bond donors (Lipinski definition) is 0. The smallest absolute Gasteiger partial charge is 0.0730 e. The summed E-state index contributed by atoms with van der Waals surface area (Å²) in [6.45, 7) is 0. The summed E-state index contributed by atoms with van der Waals surface area (Å²) in [4.78, 5) is 4.72. The molecule has 0 N–H and O–H groups in total. The second-order valence-corrected chi connectivity index (χ2v) is 5.25. The normalized spacial score (nSPS) is 17.6. The Hall–Kier alpha value is -1.85. The van der Waals surface area contributed by atoms with E-state index in [2.05, 4.69) is 12.1 Å². The Labute approximate surface area is 117 Å². The summed E-state index contributed by atoms with van der Waals surface area (Å²) in [6.07, 6.45) is 2.96. The van der Waals surface area contributed by atoms with E-state index < -0.39 is 0 Å². The lowest BCUT2D eigenvalue weighted by molar-refractivity contribution is 0.623. The zero-order chi connectivity index (χ0) is 13.2. The van der Waals surface area contributed by atoms with Crippen LogP contribution >= 0.6 is 11.6 Å². The highest BCUT2D eigenvalue weighted by Crippen LogP contribution is 2.31. The van der Waals surface area contributed by atoms with Gasteiger partial charge in [-0.05, 0) is 43.0 Å². The Balaban J connectivity index is 2.02. The fourth-order valence-electron chi connectivity index (χ4n) is 2.57. The highest BCUT2D eigenvalue weighted by atomic mass is 35.5. The van der Waals surface area contributed by atoms with Gasteiger partial charge < -0.3 is 0 Å². The van der Waals surface area contributed by atoms with Crippen LogP contribution in [0.15, 0.2) is 36.4 Å². The Morgan fingerprint density at radius 1 is 1.16 bits per heavy atom. The molecule has 1 unspecified atom stereocenters. The van der Waals surface area contributed by atoms with Gasteiger partial charge >= 0.3 is 0 Å². The largest absolute Gasteiger partial charge is 0.253 e. The maximum atomic E-state index is 9.16. The molecule has 0 aliphatic heterocycles. The lowest BCUT2D eigenvalue weighted by Gasteiger charge is -2.20. The topological polar surface area (TPSA) is 36.7 Å². The van der Waals surface area contributed by atoms with E-state index in [4.69, 9.17) is 21.8 Å². The number of nitrogens with zero attached hydrogens (tertiary/aromatic N) is 2. The molecule has 0 fully saturated rings. The van der Waals surface area contributed by atoms with Gasteiger partial charge in [0.05, 0.1) is 17.7 Å². The lowest BCUT2D eigenvalue weighted by atomic mass is 9.86. The average molecular weight is 269 g/mol. The van der Waals surface area contributed by atoms with Crippen molar-refractivity contribution in [2.45, 2.75) is 25.2 Å². The van der Waals surface area contributed by atoms with Crippen molar-refractivity contribution in [1.29, 1.82) is 5.26 Å². The molecule has 94 valence electrons. The minimum absolute atomic E-state index is 0.00974. The van der Waals surface area contributed by atoms with Gasteiger partial charge in [-0.1, -0.05) is 29.8 Å². The molecule has 2 aromatic rings. The standard InChI is InChI=1S/C16H13ClN2/c17-13-6-4-11(5-7-13)15-9-8-14-12(10-18)2-1-3-16(14)19-15/h4-9,12H,1-3H2. The first kappa shape index (κ1) is 12.2. The van der Waals surface area contributed by atoms with Crippen LogP contribution in [0.4, 0.5) is 0 Å². The molecule has 0 amide bonds. The minimum Gasteiger partial charge on any atom is -0.253 e. The molecule has 1 aliphatic carbocycles. The molecule has 0 radical (unpaired) electrons. The highest BCUT2D eigenvalue weighted by Gasteiger charge is 2.21.